The first-order valence-electron chi connectivity index (χ1n) is 5.50. The standard InChI is InChI=1S/C12H16BrNO2/c1-10(14-5-7-15-8-6-14)16-12-4-2-3-11(13)9-12/h2-4,9-10H,5-8H2,1H3. The number of ether oxygens (including phenoxy) is 2. The van der Waals surface area contributed by atoms with Crippen LogP contribution in [-0.2, 0) is 4.74 Å². The molecular formula is C12H16BrNO2. The molecule has 1 aromatic carbocycles. The summed E-state index contributed by atoms with van der Waals surface area (Å²) in [6.45, 7) is 5.55. The topological polar surface area (TPSA) is 21.7 Å². The zero-order valence-electron chi connectivity index (χ0n) is 9.36. The highest BCUT2D eigenvalue weighted by Crippen LogP contribution is 2.19. The molecule has 1 atom stereocenters. The maximum Gasteiger partial charge on any atom is 0.149 e. The van der Waals surface area contributed by atoms with Crippen LogP contribution < -0.4 is 4.74 Å². The van der Waals surface area contributed by atoms with Gasteiger partial charge in [0.15, 0.2) is 0 Å². The van der Waals surface area contributed by atoms with Crippen LogP contribution in [0.4, 0.5) is 0 Å². The van der Waals surface area contributed by atoms with Gasteiger partial charge in [-0.15, -0.1) is 0 Å². The van der Waals surface area contributed by atoms with Crippen LogP contribution >= 0.6 is 15.9 Å². The van der Waals surface area contributed by atoms with Gasteiger partial charge in [0.1, 0.15) is 12.0 Å². The first-order chi connectivity index (χ1) is 7.75. The van der Waals surface area contributed by atoms with Crippen molar-refractivity contribution in [3.05, 3.63) is 28.7 Å². The van der Waals surface area contributed by atoms with E-state index in [0.29, 0.717) is 0 Å². The summed E-state index contributed by atoms with van der Waals surface area (Å²) >= 11 is 3.43. The second-order valence-corrected chi connectivity index (χ2v) is 4.74. The van der Waals surface area contributed by atoms with Crippen LogP contribution in [0.5, 0.6) is 5.75 Å². The van der Waals surface area contributed by atoms with Crippen molar-refractivity contribution in [2.45, 2.75) is 13.2 Å². The molecule has 1 aromatic rings. The Labute approximate surface area is 104 Å². The molecule has 0 aromatic heterocycles. The van der Waals surface area contributed by atoms with Crippen molar-refractivity contribution >= 4 is 15.9 Å². The molecule has 2 rings (SSSR count). The van der Waals surface area contributed by atoms with Crippen molar-refractivity contribution in [2.24, 2.45) is 0 Å². The maximum absolute atomic E-state index is 5.88. The van der Waals surface area contributed by atoms with Crippen molar-refractivity contribution < 1.29 is 9.47 Å². The van der Waals surface area contributed by atoms with Gasteiger partial charge < -0.3 is 9.47 Å². The van der Waals surface area contributed by atoms with Gasteiger partial charge in [0.25, 0.3) is 0 Å². The molecule has 0 N–H and O–H groups in total. The van der Waals surface area contributed by atoms with E-state index in [1.54, 1.807) is 0 Å². The minimum atomic E-state index is 0.0956. The molecule has 0 radical (unpaired) electrons. The average Bonchev–Trinajstić information content (AvgIpc) is 2.30. The minimum Gasteiger partial charge on any atom is -0.475 e. The summed E-state index contributed by atoms with van der Waals surface area (Å²) < 4.78 is 12.2. The van der Waals surface area contributed by atoms with E-state index in [4.69, 9.17) is 9.47 Å². The molecule has 0 saturated carbocycles. The predicted octanol–water partition coefficient (Wildman–Crippen LogP) is 2.51. The Balaban J connectivity index is 1.93. The van der Waals surface area contributed by atoms with Gasteiger partial charge in [-0.05, 0) is 25.1 Å². The van der Waals surface area contributed by atoms with E-state index in [2.05, 4.69) is 27.8 Å². The van der Waals surface area contributed by atoms with Gasteiger partial charge in [0.05, 0.1) is 13.2 Å². The normalized spacial score (nSPS) is 19.4. The zero-order valence-corrected chi connectivity index (χ0v) is 10.9. The van der Waals surface area contributed by atoms with Crippen molar-refractivity contribution in [3.63, 3.8) is 0 Å². The number of morpholine rings is 1. The van der Waals surface area contributed by atoms with E-state index in [-0.39, 0.29) is 6.23 Å². The Morgan fingerprint density at radius 2 is 2.12 bits per heavy atom. The Hall–Kier alpha value is -0.580. The van der Waals surface area contributed by atoms with E-state index >= 15 is 0 Å². The molecule has 1 heterocycles. The summed E-state index contributed by atoms with van der Waals surface area (Å²) in [7, 11) is 0. The van der Waals surface area contributed by atoms with Gasteiger partial charge in [0, 0.05) is 17.6 Å². The van der Waals surface area contributed by atoms with Crippen molar-refractivity contribution in [1.29, 1.82) is 0 Å². The monoisotopic (exact) mass is 285 g/mol. The van der Waals surface area contributed by atoms with Gasteiger partial charge in [-0.2, -0.15) is 0 Å². The van der Waals surface area contributed by atoms with E-state index in [9.17, 15) is 0 Å². The highest BCUT2D eigenvalue weighted by molar-refractivity contribution is 9.10. The first-order valence-corrected chi connectivity index (χ1v) is 6.29. The number of nitrogens with zero attached hydrogens (tertiary/aromatic N) is 1. The van der Waals surface area contributed by atoms with Gasteiger partial charge in [-0.1, -0.05) is 22.0 Å². The third-order valence-electron chi connectivity index (χ3n) is 2.66. The van der Waals surface area contributed by atoms with Crippen molar-refractivity contribution in [3.8, 4) is 5.75 Å². The molecule has 4 heteroatoms. The molecule has 0 amide bonds. The summed E-state index contributed by atoms with van der Waals surface area (Å²) in [5.74, 6) is 0.897. The molecule has 1 aliphatic rings. The summed E-state index contributed by atoms with van der Waals surface area (Å²) in [5.41, 5.74) is 0. The molecule has 0 bridgehead atoms. The Bertz CT molecular complexity index is 340. The van der Waals surface area contributed by atoms with E-state index in [0.717, 1.165) is 36.5 Å². The van der Waals surface area contributed by atoms with Crippen LogP contribution in [0.1, 0.15) is 6.92 Å². The molecule has 1 fully saturated rings. The Morgan fingerprint density at radius 1 is 1.38 bits per heavy atom. The van der Waals surface area contributed by atoms with Gasteiger partial charge >= 0.3 is 0 Å². The first kappa shape index (κ1) is 11.9. The molecule has 1 unspecified atom stereocenters. The number of halogens is 1. The molecule has 3 nitrogen and oxygen atoms in total. The SMILES string of the molecule is CC(Oc1cccc(Br)c1)N1CCOCC1. The number of benzene rings is 1. The van der Waals surface area contributed by atoms with Crippen molar-refractivity contribution in [2.75, 3.05) is 26.3 Å². The second kappa shape index (κ2) is 5.66. The predicted molar refractivity (Wildman–Crippen MR) is 66.6 cm³/mol. The maximum atomic E-state index is 5.88. The van der Waals surface area contributed by atoms with E-state index in [1.165, 1.54) is 0 Å². The van der Waals surface area contributed by atoms with Crippen LogP contribution in [0.15, 0.2) is 28.7 Å². The van der Waals surface area contributed by atoms with Crippen LogP contribution in [0, 0.1) is 0 Å². The molecule has 0 aliphatic carbocycles. The smallest absolute Gasteiger partial charge is 0.149 e. The van der Waals surface area contributed by atoms with E-state index < -0.39 is 0 Å². The summed E-state index contributed by atoms with van der Waals surface area (Å²) in [5, 5.41) is 0. The van der Waals surface area contributed by atoms with Crippen LogP contribution in [0.25, 0.3) is 0 Å². The largest absolute Gasteiger partial charge is 0.475 e. The van der Waals surface area contributed by atoms with E-state index in [1.807, 2.05) is 24.3 Å². The Morgan fingerprint density at radius 3 is 2.81 bits per heavy atom. The van der Waals surface area contributed by atoms with Gasteiger partial charge in [0.2, 0.25) is 0 Å². The number of hydrogen-bond donors (Lipinski definition) is 0. The lowest BCUT2D eigenvalue weighted by atomic mass is 10.3. The lowest BCUT2D eigenvalue weighted by molar-refractivity contribution is -0.0373. The molecule has 16 heavy (non-hydrogen) atoms. The molecule has 0 spiro atoms. The fourth-order valence-corrected chi connectivity index (χ4v) is 2.13. The molecular weight excluding hydrogens is 270 g/mol. The van der Waals surface area contributed by atoms with Crippen LogP contribution in [-0.4, -0.2) is 37.4 Å². The number of hydrogen-bond acceptors (Lipinski definition) is 3. The Kier molecular flexibility index (Phi) is 4.21. The highest BCUT2D eigenvalue weighted by atomic mass is 79.9. The van der Waals surface area contributed by atoms with Gasteiger partial charge in [-0.25, -0.2) is 0 Å². The zero-order chi connectivity index (χ0) is 11.4. The molecule has 88 valence electrons. The van der Waals surface area contributed by atoms with Crippen LogP contribution in [0.2, 0.25) is 0 Å². The van der Waals surface area contributed by atoms with Gasteiger partial charge in [-0.3, -0.25) is 4.90 Å². The highest BCUT2D eigenvalue weighted by Gasteiger charge is 2.17. The quantitative estimate of drug-likeness (QED) is 0.852. The minimum absolute atomic E-state index is 0.0956. The summed E-state index contributed by atoms with van der Waals surface area (Å²) in [6, 6.07) is 7.93. The average molecular weight is 286 g/mol. The molecule has 1 saturated heterocycles. The fourth-order valence-electron chi connectivity index (χ4n) is 1.75. The summed E-state index contributed by atoms with van der Waals surface area (Å²) in [4.78, 5) is 2.28. The number of rotatable bonds is 3. The molecule has 1 aliphatic heterocycles. The fraction of sp³-hybridized carbons (Fsp3) is 0.500. The summed E-state index contributed by atoms with van der Waals surface area (Å²) in [6.07, 6.45) is 0.0956. The van der Waals surface area contributed by atoms with Crippen LogP contribution in [0.3, 0.4) is 0 Å². The lowest BCUT2D eigenvalue weighted by Gasteiger charge is -2.32. The third-order valence-corrected chi connectivity index (χ3v) is 3.16. The third kappa shape index (κ3) is 3.20. The second-order valence-electron chi connectivity index (χ2n) is 3.82. The lowest BCUT2D eigenvalue weighted by Crippen LogP contribution is -2.44. The van der Waals surface area contributed by atoms with Crippen molar-refractivity contribution in [1.82, 2.24) is 4.90 Å².